The van der Waals surface area contributed by atoms with Crippen LogP contribution in [0.1, 0.15) is 38.8 Å². The van der Waals surface area contributed by atoms with E-state index in [1.54, 1.807) is 0 Å². The number of nitrogens with two attached hydrogens (primary N) is 1. The van der Waals surface area contributed by atoms with E-state index in [9.17, 15) is 4.79 Å². The number of benzene rings is 1. The average Bonchev–Trinajstić information content (AvgIpc) is 2.88. The number of carbonyl (C=O) groups is 1. The van der Waals surface area contributed by atoms with Gasteiger partial charge in [0, 0.05) is 19.1 Å². The van der Waals surface area contributed by atoms with Gasteiger partial charge in [0.25, 0.3) is 0 Å². The Morgan fingerprint density at radius 1 is 1.38 bits per heavy atom. The Hall–Kier alpha value is -1.39. The monoisotopic (exact) mass is 290 g/mol. The van der Waals surface area contributed by atoms with Gasteiger partial charge in [0.15, 0.2) is 0 Å². The van der Waals surface area contributed by atoms with Crippen molar-refractivity contribution in [3.05, 3.63) is 35.9 Å². The van der Waals surface area contributed by atoms with Crippen LogP contribution in [0.3, 0.4) is 0 Å². The van der Waals surface area contributed by atoms with Gasteiger partial charge in [0.1, 0.15) is 6.04 Å². The van der Waals surface area contributed by atoms with Crippen LogP contribution >= 0.6 is 0 Å². The van der Waals surface area contributed by atoms with Crippen LogP contribution in [-0.2, 0) is 9.53 Å². The zero-order valence-electron chi connectivity index (χ0n) is 13.1. The maximum Gasteiger partial charge on any atom is 0.239 e. The number of nitrogens with one attached hydrogen (secondary N) is 1. The molecule has 3 N–H and O–H groups in total. The van der Waals surface area contributed by atoms with Crippen molar-refractivity contribution in [1.82, 2.24) is 5.32 Å². The zero-order chi connectivity index (χ0) is 15.5. The van der Waals surface area contributed by atoms with E-state index >= 15 is 0 Å². The van der Waals surface area contributed by atoms with Crippen LogP contribution in [0, 0.1) is 11.3 Å². The molecule has 1 aliphatic heterocycles. The Morgan fingerprint density at radius 2 is 2.05 bits per heavy atom. The molecule has 0 aliphatic carbocycles. The topological polar surface area (TPSA) is 64.3 Å². The maximum atomic E-state index is 11.7. The van der Waals surface area contributed by atoms with Gasteiger partial charge in [-0.25, -0.2) is 0 Å². The van der Waals surface area contributed by atoms with Crippen molar-refractivity contribution in [3.8, 4) is 0 Å². The quantitative estimate of drug-likeness (QED) is 0.874. The molecule has 3 atom stereocenters. The van der Waals surface area contributed by atoms with Crippen molar-refractivity contribution in [2.75, 3.05) is 13.2 Å². The van der Waals surface area contributed by atoms with Gasteiger partial charge in [-0.1, -0.05) is 51.1 Å². The summed E-state index contributed by atoms with van der Waals surface area (Å²) in [5.41, 5.74) is 6.56. The number of rotatable bonds is 5. The number of ether oxygens (including phenoxy) is 1. The van der Waals surface area contributed by atoms with E-state index < -0.39 is 6.04 Å². The van der Waals surface area contributed by atoms with Gasteiger partial charge >= 0.3 is 0 Å². The second-order valence-corrected chi connectivity index (χ2v) is 6.86. The molecule has 21 heavy (non-hydrogen) atoms. The summed E-state index contributed by atoms with van der Waals surface area (Å²) in [5, 5.41) is 3.32. The van der Waals surface area contributed by atoms with Crippen LogP contribution in [0.2, 0.25) is 0 Å². The van der Waals surface area contributed by atoms with E-state index in [0.717, 1.165) is 25.1 Å². The smallest absolute Gasteiger partial charge is 0.239 e. The van der Waals surface area contributed by atoms with Gasteiger partial charge in [-0.05, 0) is 17.4 Å². The van der Waals surface area contributed by atoms with Gasteiger partial charge in [0.2, 0.25) is 5.91 Å². The zero-order valence-corrected chi connectivity index (χ0v) is 13.1. The van der Waals surface area contributed by atoms with Gasteiger partial charge in [-0.2, -0.15) is 0 Å². The Kier molecular flexibility index (Phi) is 5.01. The lowest BCUT2D eigenvalue weighted by atomic mass is 9.81. The second kappa shape index (κ2) is 6.58. The second-order valence-electron chi connectivity index (χ2n) is 6.86. The normalized spacial score (nSPS) is 24.0. The Balaban J connectivity index is 2.01. The minimum Gasteiger partial charge on any atom is -0.377 e. The lowest BCUT2D eigenvalue weighted by Gasteiger charge is -2.32. The standard InChI is InChI=1S/C17H26N2O2/c1-17(2,3)15-13(9-10-21-15)11-19-14(16(18)20)12-7-5-4-6-8-12/h4-8,13-15,19H,9-11H2,1-3H3,(H2,18,20)/t13-,14+,15+/m1/s1. The summed E-state index contributed by atoms with van der Waals surface area (Å²) in [4.78, 5) is 11.7. The first kappa shape index (κ1) is 16.0. The van der Waals surface area contributed by atoms with Crippen LogP contribution < -0.4 is 11.1 Å². The molecule has 0 unspecified atom stereocenters. The number of amides is 1. The molecule has 1 aromatic carbocycles. The molecule has 1 amide bonds. The lowest BCUT2D eigenvalue weighted by molar-refractivity contribution is -0.120. The first-order chi connectivity index (χ1) is 9.89. The minimum atomic E-state index is -0.438. The van der Waals surface area contributed by atoms with Crippen LogP contribution in [0.15, 0.2) is 30.3 Å². The summed E-state index contributed by atoms with van der Waals surface area (Å²) in [7, 11) is 0. The highest BCUT2D eigenvalue weighted by Gasteiger charge is 2.37. The largest absolute Gasteiger partial charge is 0.377 e. The predicted molar refractivity (Wildman–Crippen MR) is 83.7 cm³/mol. The number of hydrogen-bond donors (Lipinski definition) is 2. The summed E-state index contributed by atoms with van der Waals surface area (Å²) in [6.07, 6.45) is 1.24. The van der Waals surface area contributed by atoms with E-state index in [2.05, 4.69) is 26.1 Å². The molecular formula is C17H26N2O2. The molecule has 1 aliphatic rings. The van der Waals surface area contributed by atoms with Crippen molar-refractivity contribution >= 4 is 5.91 Å². The van der Waals surface area contributed by atoms with Crippen molar-refractivity contribution in [3.63, 3.8) is 0 Å². The summed E-state index contributed by atoms with van der Waals surface area (Å²) in [6, 6.07) is 9.19. The molecule has 1 fully saturated rings. The molecule has 4 heteroatoms. The molecule has 1 aromatic rings. The van der Waals surface area contributed by atoms with Crippen molar-refractivity contribution in [2.24, 2.45) is 17.1 Å². The molecule has 0 aromatic heterocycles. The maximum absolute atomic E-state index is 11.7. The number of primary amides is 1. The third kappa shape index (κ3) is 4.05. The number of carbonyl (C=O) groups excluding carboxylic acids is 1. The molecule has 0 radical (unpaired) electrons. The van der Waals surface area contributed by atoms with Gasteiger partial charge < -0.3 is 15.8 Å². The van der Waals surface area contributed by atoms with Crippen molar-refractivity contribution in [1.29, 1.82) is 0 Å². The predicted octanol–water partition coefficient (Wildman–Crippen LogP) is 2.25. The van der Waals surface area contributed by atoms with E-state index in [-0.39, 0.29) is 17.4 Å². The minimum absolute atomic E-state index is 0.109. The first-order valence-electron chi connectivity index (χ1n) is 7.59. The van der Waals surface area contributed by atoms with Crippen LogP contribution in [0.4, 0.5) is 0 Å². The van der Waals surface area contributed by atoms with Crippen LogP contribution in [0.25, 0.3) is 0 Å². The van der Waals surface area contributed by atoms with E-state index in [1.807, 2.05) is 30.3 Å². The van der Waals surface area contributed by atoms with Gasteiger partial charge in [-0.15, -0.1) is 0 Å². The molecule has 116 valence electrons. The summed E-state index contributed by atoms with van der Waals surface area (Å²) < 4.78 is 5.87. The summed E-state index contributed by atoms with van der Waals surface area (Å²) >= 11 is 0. The molecule has 1 heterocycles. The molecule has 0 saturated carbocycles. The summed E-state index contributed by atoms with van der Waals surface area (Å²) in [6.45, 7) is 8.11. The highest BCUT2D eigenvalue weighted by molar-refractivity contribution is 5.81. The van der Waals surface area contributed by atoms with Crippen molar-refractivity contribution in [2.45, 2.75) is 39.3 Å². The Morgan fingerprint density at radius 3 is 2.62 bits per heavy atom. The molecule has 1 saturated heterocycles. The van der Waals surface area contributed by atoms with Crippen LogP contribution in [0.5, 0.6) is 0 Å². The molecular weight excluding hydrogens is 264 g/mol. The fourth-order valence-electron chi connectivity index (χ4n) is 3.10. The molecule has 4 nitrogen and oxygen atoms in total. The average molecular weight is 290 g/mol. The Bertz CT molecular complexity index is 467. The highest BCUT2D eigenvalue weighted by Crippen LogP contribution is 2.34. The lowest BCUT2D eigenvalue weighted by Crippen LogP contribution is -2.41. The number of hydrogen-bond acceptors (Lipinski definition) is 3. The summed E-state index contributed by atoms with van der Waals surface area (Å²) in [5.74, 6) is 0.0722. The molecule has 2 rings (SSSR count). The van der Waals surface area contributed by atoms with Crippen molar-refractivity contribution < 1.29 is 9.53 Å². The van der Waals surface area contributed by atoms with Gasteiger partial charge in [-0.3, -0.25) is 4.79 Å². The third-order valence-corrected chi connectivity index (χ3v) is 4.07. The van der Waals surface area contributed by atoms with E-state index in [1.165, 1.54) is 0 Å². The van der Waals surface area contributed by atoms with Crippen LogP contribution in [-0.4, -0.2) is 25.2 Å². The Labute approximate surface area is 127 Å². The van der Waals surface area contributed by atoms with Gasteiger partial charge in [0.05, 0.1) is 6.10 Å². The fraction of sp³-hybridized carbons (Fsp3) is 0.588. The molecule has 0 bridgehead atoms. The third-order valence-electron chi connectivity index (χ3n) is 4.07. The highest BCUT2D eigenvalue weighted by atomic mass is 16.5. The molecule has 0 spiro atoms. The first-order valence-corrected chi connectivity index (χ1v) is 7.59. The van der Waals surface area contributed by atoms with E-state index in [0.29, 0.717) is 5.92 Å². The van der Waals surface area contributed by atoms with E-state index in [4.69, 9.17) is 10.5 Å². The fourth-order valence-corrected chi connectivity index (χ4v) is 3.10. The SMILES string of the molecule is CC(C)(C)[C@H]1OCC[C@@H]1CN[C@H](C(N)=O)c1ccccc1.